The van der Waals surface area contributed by atoms with Crippen LogP contribution in [0.5, 0.6) is 0 Å². The zero-order valence-corrected chi connectivity index (χ0v) is 15.7. The molecule has 6 atom stereocenters. The Balaban J connectivity index is 1.60. The first-order valence-electron chi connectivity index (χ1n) is 6.61. The highest BCUT2D eigenvalue weighted by Crippen LogP contribution is 2.96. The summed E-state index contributed by atoms with van der Waals surface area (Å²) in [4.78, 5) is 0. The molecule has 0 aromatic rings. The monoisotopic (exact) mass is 486 g/mol. The van der Waals surface area contributed by atoms with Gasteiger partial charge < -0.3 is 0 Å². The second-order valence-corrected chi connectivity index (χ2v) is 14.3. The molecular formula is C13H14Br4. The number of hydrogen-bond donors (Lipinski definition) is 0. The molecule has 5 saturated carbocycles. The first-order chi connectivity index (χ1) is 7.86. The van der Waals surface area contributed by atoms with Gasteiger partial charge in [0.2, 0.25) is 0 Å². The highest BCUT2D eigenvalue weighted by Gasteiger charge is 2.92. The van der Waals surface area contributed by atoms with E-state index in [0.29, 0.717) is 10.8 Å². The molecule has 4 heteroatoms. The Bertz CT molecular complexity index is 409. The molecule has 0 aliphatic heterocycles. The van der Waals surface area contributed by atoms with E-state index >= 15 is 0 Å². The molecule has 0 aromatic heterocycles. The van der Waals surface area contributed by atoms with E-state index < -0.39 is 0 Å². The van der Waals surface area contributed by atoms with Crippen molar-refractivity contribution < 1.29 is 0 Å². The van der Waals surface area contributed by atoms with Gasteiger partial charge in [-0.3, -0.25) is 0 Å². The maximum absolute atomic E-state index is 4.07. The third-order valence-corrected chi connectivity index (χ3v) is 12.2. The maximum atomic E-state index is 4.07. The summed E-state index contributed by atoms with van der Waals surface area (Å²) < 4.78 is 0.564. The molecule has 0 heterocycles. The van der Waals surface area contributed by atoms with Crippen LogP contribution in [0, 0.1) is 34.5 Å². The van der Waals surface area contributed by atoms with Crippen LogP contribution < -0.4 is 0 Å². The zero-order valence-electron chi connectivity index (χ0n) is 9.36. The van der Waals surface area contributed by atoms with Gasteiger partial charge in [0.15, 0.2) is 0 Å². The summed E-state index contributed by atoms with van der Waals surface area (Å²) in [7, 11) is 0. The van der Waals surface area contributed by atoms with Crippen molar-refractivity contribution >= 4 is 63.7 Å². The lowest BCUT2D eigenvalue weighted by atomic mass is 9.71. The second-order valence-electron chi connectivity index (χ2n) is 7.20. The van der Waals surface area contributed by atoms with Crippen LogP contribution in [0.15, 0.2) is 0 Å². The largest absolute Gasteiger partial charge is 0.0929 e. The second kappa shape index (κ2) is 2.78. The molecule has 17 heavy (non-hydrogen) atoms. The van der Waals surface area contributed by atoms with Gasteiger partial charge in [-0.05, 0) is 55.8 Å². The van der Waals surface area contributed by atoms with E-state index in [1.54, 1.807) is 0 Å². The van der Waals surface area contributed by atoms with Crippen LogP contribution in [0.25, 0.3) is 0 Å². The number of rotatable bonds is 0. The predicted molar refractivity (Wildman–Crippen MR) is 83.1 cm³/mol. The summed E-state index contributed by atoms with van der Waals surface area (Å²) in [6.45, 7) is 0. The lowest BCUT2D eigenvalue weighted by Gasteiger charge is -2.32. The van der Waals surface area contributed by atoms with E-state index in [1.807, 2.05) is 0 Å². The third-order valence-electron chi connectivity index (χ3n) is 6.85. The topological polar surface area (TPSA) is 0 Å². The Hall–Kier alpha value is 1.92. The molecule has 0 spiro atoms. The van der Waals surface area contributed by atoms with Crippen LogP contribution in [0.1, 0.15) is 32.1 Å². The minimum absolute atomic E-state index is 0.275. The fourth-order valence-corrected chi connectivity index (χ4v) is 9.95. The Morgan fingerprint density at radius 2 is 1.18 bits per heavy atom. The first-order valence-corrected chi connectivity index (χ1v) is 9.79. The Morgan fingerprint density at radius 1 is 0.706 bits per heavy atom. The molecule has 0 amide bonds. The normalized spacial score (nSPS) is 67.1. The number of halogens is 4. The number of hydrogen-bond acceptors (Lipinski definition) is 0. The van der Waals surface area contributed by atoms with Gasteiger partial charge in [-0.2, -0.15) is 0 Å². The molecule has 5 rings (SSSR count). The molecule has 0 saturated heterocycles. The summed E-state index contributed by atoms with van der Waals surface area (Å²) in [6.07, 6.45) is 7.31. The molecule has 5 aliphatic rings. The van der Waals surface area contributed by atoms with Crippen molar-refractivity contribution in [3.05, 3.63) is 0 Å². The molecule has 0 nitrogen and oxygen atoms in total. The summed E-state index contributed by atoms with van der Waals surface area (Å²) in [6, 6.07) is 0. The van der Waals surface area contributed by atoms with Crippen LogP contribution >= 0.6 is 63.7 Å². The lowest BCUT2D eigenvalue weighted by Crippen LogP contribution is -2.25. The molecule has 5 fully saturated rings. The van der Waals surface area contributed by atoms with Crippen LogP contribution in [-0.2, 0) is 0 Å². The minimum Gasteiger partial charge on any atom is -0.0721 e. The molecule has 0 unspecified atom stereocenters. The molecular weight excluding hydrogens is 476 g/mol. The van der Waals surface area contributed by atoms with Gasteiger partial charge in [-0.1, -0.05) is 63.7 Å². The SMILES string of the molecule is BrC1(Br)[C@@H]2C[C@]34C[C@@H]5C[C@@H]5C[C@@]3(C[C@H]21)C4(Br)Br. The van der Waals surface area contributed by atoms with E-state index in [2.05, 4.69) is 63.7 Å². The average Bonchev–Trinajstić information content (AvgIpc) is 3.14. The van der Waals surface area contributed by atoms with Crippen molar-refractivity contribution in [3.63, 3.8) is 0 Å². The smallest absolute Gasteiger partial charge is 0.0721 e. The van der Waals surface area contributed by atoms with Crippen LogP contribution in [0.4, 0.5) is 0 Å². The first kappa shape index (κ1) is 11.6. The summed E-state index contributed by atoms with van der Waals surface area (Å²) in [5.41, 5.74) is 1.14. The number of fused-ring (bicyclic) bond motifs is 2. The highest BCUT2D eigenvalue weighted by molar-refractivity contribution is 9.26. The van der Waals surface area contributed by atoms with Crippen LogP contribution in [-0.4, -0.2) is 6.47 Å². The third kappa shape index (κ3) is 1.01. The fraction of sp³-hybridized carbons (Fsp3) is 1.00. The molecule has 0 aromatic carbocycles. The summed E-state index contributed by atoms with van der Waals surface area (Å²) in [5.74, 6) is 3.86. The van der Waals surface area contributed by atoms with Gasteiger partial charge in [-0.15, -0.1) is 0 Å². The quantitative estimate of drug-likeness (QED) is 0.399. The van der Waals surface area contributed by atoms with Crippen molar-refractivity contribution in [2.75, 3.05) is 0 Å². The average molecular weight is 490 g/mol. The Labute approximate surface area is 136 Å². The molecule has 5 aliphatic carbocycles. The Kier molecular flexibility index (Phi) is 1.89. The van der Waals surface area contributed by atoms with E-state index in [9.17, 15) is 0 Å². The molecule has 0 radical (unpaired) electrons. The van der Waals surface area contributed by atoms with Crippen molar-refractivity contribution in [2.24, 2.45) is 34.5 Å². The van der Waals surface area contributed by atoms with Gasteiger partial charge in [0.1, 0.15) is 0 Å². The van der Waals surface area contributed by atoms with Gasteiger partial charge in [-0.25, -0.2) is 0 Å². The molecule has 0 N–H and O–H groups in total. The van der Waals surface area contributed by atoms with E-state index in [-0.39, 0.29) is 6.47 Å². The summed E-state index contributed by atoms with van der Waals surface area (Å²) >= 11 is 16.0. The molecule has 94 valence electrons. The van der Waals surface area contributed by atoms with Gasteiger partial charge in [0.25, 0.3) is 0 Å². The van der Waals surface area contributed by atoms with E-state index in [4.69, 9.17) is 0 Å². The van der Waals surface area contributed by atoms with Gasteiger partial charge in [0, 0.05) is 10.8 Å². The van der Waals surface area contributed by atoms with Crippen molar-refractivity contribution in [2.45, 2.75) is 38.6 Å². The van der Waals surface area contributed by atoms with Gasteiger partial charge >= 0.3 is 0 Å². The predicted octanol–water partition coefficient (Wildman–Crippen LogP) is 5.41. The fourth-order valence-electron chi connectivity index (χ4n) is 5.68. The van der Waals surface area contributed by atoms with E-state index in [1.165, 1.54) is 32.1 Å². The van der Waals surface area contributed by atoms with Crippen molar-refractivity contribution in [1.29, 1.82) is 0 Å². The van der Waals surface area contributed by atoms with Crippen molar-refractivity contribution in [1.82, 2.24) is 0 Å². The van der Waals surface area contributed by atoms with Crippen LogP contribution in [0.3, 0.4) is 0 Å². The molecule has 0 bridgehead atoms. The lowest BCUT2D eigenvalue weighted by molar-refractivity contribution is 0.157. The minimum atomic E-state index is 0.275. The maximum Gasteiger partial charge on any atom is 0.0929 e. The van der Waals surface area contributed by atoms with E-state index in [0.717, 1.165) is 23.7 Å². The highest BCUT2D eigenvalue weighted by atomic mass is 79.9. The number of alkyl halides is 4. The zero-order chi connectivity index (χ0) is 11.8. The Morgan fingerprint density at radius 3 is 1.65 bits per heavy atom. The van der Waals surface area contributed by atoms with Crippen LogP contribution in [0.2, 0.25) is 0 Å². The van der Waals surface area contributed by atoms with Gasteiger partial charge in [0.05, 0.1) is 6.47 Å². The standard InChI is InChI=1S/C13H14Br4/c14-12(15)8-4-10-2-6-1-7(6)3-11(10,5-9(8)12)13(10,16)17/h6-9H,1-5H2/t6-,7+,8-,9-,10+,11-/m1/s1. The summed E-state index contributed by atoms with van der Waals surface area (Å²) in [5, 5.41) is 0. The van der Waals surface area contributed by atoms with Crippen molar-refractivity contribution in [3.8, 4) is 0 Å².